The van der Waals surface area contributed by atoms with Crippen LogP contribution in [0.1, 0.15) is 11.1 Å². The van der Waals surface area contributed by atoms with E-state index >= 15 is 0 Å². The fraction of sp³-hybridized carbons (Fsp3) is 0.143. The highest BCUT2D eigenvalue weighted by Crippen LogP contribution is 2.26. The van der Waals surface area contributed by atoms with Crippen molar-refractivity contribution in [2.75, 3.05) is 0 Å². The van der Waals surface area contributed by atoms with Crippen LogP contribution >= 0.6 is 15.9 Å². The Hall–Kier alpha value is -1.35. The summed E-state index contributed by atoms with van der Waals surface area (Å²) in [5, 5.41) is 0. The molecule has 0 fully saturated rings. The van der Waals surface area contributed by atoms with Crippen molar-refractivity contribution in [1.82, 2.24) is 0 Å². The largest absolute Gasteiger partial charge is 0.488 e. The van der Waals surface area contributed by atoms with E-state index in [9.17, 15) is 4.39 Å². The van der Waals surface area contributed by atoms with Crippen molar-refractivity contribution < 1.29 is 9.13 Å². The van der Waals surface area contributed by atoms with Crippen LogP contribution in [0.3, 0.4) is 0 Å². The summed E-state index contributed by atoms with van der Waals surface area (Å²) in [7, 11) is 0. The minimum Gasteiger partial charge on any atom is -0.488 e. The van der Waals surface area contributed by atoms with Crippen molar-refractivity contribution >= 4 is 15.9 Å². The van der Waals surface area contributed by atoms with Gasteiger partial charge in [-0.15, -0.1) is 0 Å². The van der Waals surface area contributed by atoms with E-state index in [0.717, 1.165) is 10.0 Å². The maximum atomic E-state index is 13.0. The molecule has 0 aliphatic rings. The van der Waals surface area contributed by atoms with Gasteiger partial charge in [-0.3, -0.25) is 0 Å². The van der Waals surface area contributed by atoms with Crippen LogP contribution in [0.4, 0.5) is 4.39 Å². The molecule has 0 unspecified atom stereocenters. The fourth-order valence-electron chi connectivity index (χ4n) is 1.55. The van der Waals surface area contributed by atoms with E-state index in [1.54, 1.807) is 6.07 Å². The molecule has 3 heteroatoms. The quantitative estimate of drug-likeness (QED) is 0.811. The molecular weight excluding hydrogens is 283 g/mol. The van der Waals surface area contributed by atoms with E-state index in [-0.39, 0.29) is 5.82 Å². The van der Waals surface area contributed by atoms with Gasteiger partial charge in [-0.2, -0.15) is 0 Å². The lowest BCUT2D eigenvalue weighted by Gasteiger charge is -2.08. The van der Waals surface area contributed by atoms with Gasteiger partial charge in [-0.1, -0.05) is 29.8 Å². The summed E-state index contributed by atoms with van der Waals surface area (Å²) >= 11 is 3.33. The van der Waals surface area contributed by atoms with Crippen molar-refractivity contribution in [3.8, 4) is 5.75 Å². The standard InChI is InChI=1S/C14H12BrFO/c1-10-3-2-4-11(7-10)9-17-14-8-12(16)5-6-13(14)15/h2-8H,9H2,1H3. The summed E-state index contributed by atoms with van der Waals surface area (Å²) in [4.78, 5) is 0. The highest BCUT2D eigenvalue weighted by Gasteiger charge is 2.03. The molecule has 2 rings (SSSR count). The van der Waals surface area contributed by atoms with Gasteiger partial charge in [0.1, 0.15) is 18.2 Å². The lowest BCUT2D eigenvalue weighted by molar-refractivity contribution is 0.302. The zero-order valence-electron chi connectivity index (χ0n) is 9.41. The number of benzene rings is 2. The molecule has 88 valence electrons. The zero-order chi connectivity index (χ0) is 12.3. The van der Waals surface area contributed by atoms with Crippen molar-refractivity contribution in [3.63, 3.8) is 0 Å². The Morgan fingerprint density at radius 1 is 1.18 bits per heavy atom. The molecule has 0 aromatic heterocycles. The Balaban J connectivity index is 2.09. The molecule has 0 spiro atoms. The van der Waals surface area contributed by atoms with Gasteiger partial charge in [0.2, 0.25) is 0 Å². The second kappa shape index (κ2) is 5.32. The minimum atomic E-state index is -0.299. The first-order valence-corrected chi connectivity index (χ1v) is 6.08. The summed E-state index contributed by atoms with van der Waals surface area (Å²) in [6.07, 6.45) is 0. The topological polar surface area (TPSA) is 9.23 Å². The second-order valence-electron chi connectivity index (χ2n) is 3.85. The number of hydrogen-bond donors (Lipinski definition) is 0. The van der Waals surface area contributed by atoms with Crippen LogP contribution in [0.15, 0.2) is 46.9 Å². The number of hydrogen-bond acceptors (Lipinski definition) is 1. The Morgan fingerprint density at radius 3 is 2.76 bits per heavy atom. The van der Waals surface area contributed by atoms with Gasteiger partial charge in [-0.25, -0.2) is 4.39 Å². The Bertz CT molecular complexity index is 525. The Kier molecular flexibility index (Phi) is 3.79. The van der Waals surface area contributed by atoms with Crippen molar-refractivity contribution in [2.24, 2.45) is 0 Å². The highest BCUT2D eigenvalue weighted by atomic mass is 79.9. The fourth-order valence-corrected chi connectivity index (χ4v) is 1.91. The molecule has 0 amide bonds. The molecule has 0 bridgehead atoms. The Morgan fingerprint density at radius 2 is 2.00 bits per heavy atom. The van der Waals surface area contributed by atoms with Gasteiger partial charge >= 0.3 is 0 Å². The average Bonchev–Trinajstić information content (AvgIpc) is 2.30. The SMILES string of the molecule is Cc1cccc(COc2cc(F)ccc2Br)c1. The molecule has 0 saturated heterocycles. The molecule has 0 N–H and O–H groups in total. The minimum absolute atomic E-state index is 0.299. The maximum absolute atomic E-state index is 13.0. The molecule has 1 nitrogen and oxygen atoms in total. The van der Waals surface area contributed by atoms with E-state index < -0.39 is 0 Å². The van der Waals surface area contributed by atoms with Gasteiger partial charge in [0, 0.05) is 6.07 Å². The molecule has 17 heavy (non-hydrogen) atoms. The summed E-state index contributed by atoms with van der Waals surface area (Å²) in [6.45, 7) is 2.46. The van der Waals surface area contributed by atoms with Crippen LogP contribution in [-0.2, 0) is 6.61 Å². The smallest absolute Gasteiger partial charge is 0.136 e. The Labute approximate surface area is 108 Å². The molecule has 2 aromatic rings. The van der Waals surface area contributed by atoms with Crippen LogP contribution in [0.2, 0.25) is 0 Å². The van der Waals surface area contributed by atoms with E-state index in [2.05, 4.69) is 15.9 Å². The van der Waals surface area contributed by atoms with E-state index in [0.29, 0.717) is 12.4 Å². The van der Waals surface area contributed by atoms with Crippen LogP contribution in [0.5, 0.6) is 5.75 Å². The van der Waals surface area contributed by atoms with Gasteiger partial charge < -0.3 is 4.74 Å². The van der Waals surface area contributed by atoms with Gasteiger partial charge in [-0.05, 0) is 40.5 Å². The van der Waals surface area contributed by atoms with Crippen molar-refractivity contribution in [1.29, 1.82) is 0 Å². The molecule has 2 aromatic carbocycles. The zero-order valence-corrected chi connectivity index (χ0v) is 11.0. The predicted octanol–water partition coefficient (Wildman–Crippen LogP) is 4.48. The molecule has 0 aliphatic heterocycles. The molecule has 0 saturated carbocycles. The van der Waals surface area contributed by atoms with Crippen molar-refractivity contribution in [3.05, 3.63) is 63.9 Å². The first-order valence-electron chi connectivity index (χ1n) is 5.28. The first kappa shape index (κ1) is 12.1. The lowest BCUT2D eigenvalue weighted by atomic mass is 10.1. The molecule has 0 atom stereocenters. The van der Waals surface area contributed by atoms with Gasteiger partial charge in [0.15, 0.2) is 0 Å². The molecule has 0 heterocycles. The lowest BCUT2D eigenvalue weighted by Crippen LogP contribution is -1.96. The summed E-state index contributed by atoms with van der Waals surface area (Å²) in [6, 6.07) is 12.5. The highest BCUT2D eigenvalue weighted by molar-refractivity contribution is 9.10. The van der Waals surface area contributed by atoms with Gasteiger partial charge in [0.25, 0.3) is 0 Å². The maximum Gasteiger partial charge on any atom is 0.136 e. The van der Waals surface area contributed by atoms with Gasteiger partial charge in [0.05, 0.1) is 4.47 Å². The number of rotatable bonds is 3. The summed E-state index contributed by atoms with van der Waals surface area (Å²) in [5.41, 5.74) is 2.26. The number of halogens is 2. The molecular formula is C14H12BrFO. The number of aryl methyl sites for hydroxylation is 1. The summed E-state index contributed by atoms with van der Waals surface area (Å²) < 4.78 is 19.4. The molecule has 0 aliphatic carbocycles. The van der Waals surface area contributed by atoms with Crippen LogP contribution < -0.4 is 4.74 Å². The summed E-state index contributed by atoms with van der Waals surface area (Å²) in [5.74, 6) is 0.221. The second-order valence-corrected chi connectivity index (χ2v) is 4.71. The van der Waals surface area contributed by atoms with E-state index in [4.69, 9.17) is 4.74 Å². The van der Waals surface area contributed by atoms with Crippen LogP contribution in [0.25, 0.3) is 0 Å². The van der Waals surface area contributed by atoms with Crippen LogP contribution in [-0.4, -0.2) is 0 Å². The van der Waals surface area contributed by atoms with Crippen LogP contribution in [0, 0.1) is 12.7 Å². The monoisotopic (exact) mass is 294 g/mol. The third-order valence-corrected chi connectivity index (χ3v) is 3.03. The van der Waals surface area contributed by atoms with Crippen molar-refractivity contribution in [2.45, 2.75) is 13.5 Å². The average molecular weight is 295 g/mol. The third kappa shape index (κ3) is 3.30. The first-order chi connectivity index (χ1) is 8.15. The predicted molar refractivity (Wildman–Crippen MR) is 69.6 cm³/mol. The van der Waals surface area contributed by atoms with E-state index in [1.165, 1.54) is 17.7 Å². The normalized spacial score (nSPS) is 10.3. The van der Waals surface area contributed by atoms with E-state index in [1.807, 2.05) is 31.2 Å². The molecule has 0 radical (unpaired) electrons. The third-order valence-electron chi connectivity index (χ3n) is 2.37. The number of ether oxygens (including phenoxy) is 1.